The number of thiocarbonyl (C=S) groups is 1. The van der Waals surface area contributed by atoms with Crippen molar-refractivity contribution in [3.63, 3.8) is 0 Å². The molecule has 0 aliphatic carbocycles. The lowest BCUT2D eigenvalue weighted by atomic mass is 10.3. The highest BCUT2D eigenvalue weighted by Crippen LogP contribution is 2.16. The number of azo groups is 1. The monoisotopic (exact) mass is 283 g/mol. The summed E-state index contributed by atoms with van der Waals surface area (Å²) < 4.78 is 1.38. The number of hydrogen-bond donors (Lipinski definition) is 0. The first-order valence-electron chi connectivity index (χ1n) is 5.87. The molecule has 2 heterocycles. The van der Waals surface area contributed by atoms with Crippen LogP contribution in [0.1, 0.15) is 19.8 Å². The van der Waals surface area contributed by atoms with Gasteiger partial charge in [0.15, 0.2) is 6.17 Å². The number of nitrogens with zero attached hydrogens (tertiary/aromatic N) is 7. The maximum atomic E-state index is 10.5. The molecule has 0 bridgehead atoms. The first-order chi connectivity index (χ1) is 9.11. The topological polar surface area (TPSA) is 102 Å². The molecule has 0 spiro atoms. The molecule has 1 unspecified atom stereocenters. The fraction of sp³-hybridized carbons (Fsp3) is 0.667. The van der Waals surface area contributed by atoms with Crippen LogP contribution in [-0.2, 0) is 6.54 Å². The minimum absolute atomic E-state index is 0.264. The Labute approximate surface area is 114 Å². The summed E-state index contributed by atoms with van der Waals surface area (Å²) in [5, 5.41) is 22.6. The Kier molecular flexibility index (Phi) is 4.10. The largest absolute Gasteiger partial charge is 0.490 e. The molecular weight excluding hydrogens is 270 g/mol. The van der Waals surface area contributed by atoms with E-state index in [1.165, 1.54) is 11.0 Å². The van der Waals surface area contributed by atoms with Crippen LogP contribution >= 0.6 is 12.2 Å². The zero-order valence-corrected chi connectivity index (χ0v) is 11.2. The zero-order valence-electron chi connectivity index (χ0n) is 10.3. The van der Waals surface area contributed by atoms with Gasteiger partial charge in [0.2, 0.25) is 11.4 Å². The highest BCUT2D eigenvalue weighted by molar-refractivity contribution is 7.80. The first-order valence-corrected chi connectivity index (χ1v) is 6.28. The molecular formula is C9H13N7O2S. The second-order valence-corrected chi connectivity index (χ2v) is 4.41. The number of unbranched alkanes of at least 4 members (excludes halogenated alkanes) is 1. The average molecular weight is 283 g/mol. The van der Waals surface area contributed by atoms with E-state index in [0.717, 1.165) is 19.4 Å². The summed E-state index contributed by atoms with van der Waals surface area (Å²) in [4.78, 5) is 15.4. The predicted molar refractivity (Wildman–Crippen MR) is 69.5 cm³/mol. The summed E-state index contributed by atoms with van der Waals surface area (Å²) in [5.74, 6) is -0.419. The van der Waals surface area contributed by atoms with Crippen LogP contribution in [0.5, 0.6) is 0 Å². The molecule has 0 amide bonds. The summed E-state index contributed by atoms with van der Waals surface area (Å²) >= 11 is 5.11. The molecule has 1 aliphatic rings. The lowest BCUT2D eigenvalue weighted by Crippen LogP contribution is -2.36. The van der Waals surface area contributed by atoms with Crippen molar-refractivity contribution in [1.82, 2.24) is 19.7 Å². The Hall–Kier alpha value is -1.97. The fourth-order valence-electron chi connectivity index (χ4n) is 1.70. The molecule has 19 heavy (non-hydrogen) atoms. The summed E-state index contributed by atoms with van der Waals surface area (Å²) in [7, 11) is 0. The van der Waals surface area contributed by atoms with Gasteiger partial charge in [-0.15, -0.1) is 5.11 Å². The fourth-order valence-corrected chi connectivity index (χ4v) is 1.96. The molecule has 0 aromatic carbocycles. The number of aromatic nitrogens is 3. The molecule has 1 aliphatic heterocycles. The summed E-state index contributed by atoms with van der Waals surface area (Å²) in [6, 6.07) is 0. The first kappa shape index (κ1) is 13.5. The Morgan fingerprint density at radius 1 is 1.58 bits per heavy atom. The predicted octanol–water partition coefficient (Wildman–Crippen LogP) is 1.37. The van der Waals surface area contributed by atoms with Gasteiger partial charge in [-0.2, -0.15) is 9.80 Å². The second-order valence-electron chi connectivity index (χ2n) is 4.05. The van der Waals surface area contributed by atoms with Crippen LogP contribution in [0.2, 0.25) is 0 Å². The lowest BCUT2D eigenvalue weighted by Gasteiger charge is -2.21. The van der Waals surface area contributed by atoms with E-state index in [-0.39, 0.29) is 6.17 Å². The maximum Gasteiger partial charge on any atom is 0.490 e. The van der Waals surface area contributed by atoms with E-state index in [4.69, 9.17) is 12.2 Å². The minimum Gasteiger partial charge on any atom is -0.390 e. The second kappa shape index (κ2) is 5.78. The van der Waals surface area contributed by atoms with E-state index >= 15 is 0 Å². The van der Waals surface area contributed by atoms with Gasteiger partial charge in [-0.05, 0) is 23.6 Å². The summed E-state index contributed by atoms with van der Waals surface area (Å²) in [6.45, 7) is 3.20. The van der Waals surface area contributed by atoms with E-state index < -0.39 is 10.9 Å². The highest BCUT2D eigenvalue weighted by Gasteiger charge is 2.28. The number of rotatable bonds is 6. The quantitative estimate of drug-likeness (QED) is 0.444. The Bertz CT molecular complexity index is 514. The Morgan fingerprint density at radius 2 is 2.37 bits per heavy atom. The van der Waals surface area contributed by atoms with Crippen LogP contribution in [0.25, 0.3) is 0 Å². The third-order valence-corrected chi connectivity index (χ3v) is 2.99. The van der Waals surface area contributed by atoms with Gasteiger partial charge in [-0.25, -0.2) is 0 Å². The average Bonchev–Trinajstić information content (AvgIpc) is 2.96. The summed E-state index contributed by atoms with van der Waals surface area (Å²) in [5.41, 5.74) is 0. The Morgan fingerprint density at radius 3 is 3.00 bits per heavy atom. The van der Waals surface area contributed by atoms with Gasteiger partial charge in [-0.3, -0.25) is 0 Å². The van der Waals surface area contributed by atoms with Gasteiger partial charge in [0, 0.05) is 11.6 Å². The molecule has 1 atom stereocenters. The molecule has 0 radical (unpaired) electrons. The van der Waals surface area contributed by atoms with Crippen LogP contribution in [0, 0.1) is 10.1 Å². The van der Waals surface area contributed by atoms with Crippen molar-refractivity contribution >= 4 is 23.3 Å². The maximum absolute atomic E-state index is 10.5. The number of hydrogen-bond acceptors (Lipinski definition) is 6. The minimum atomic E-state index is -0.633. The van der Waals surface area contributed by atoms with Gasteiger partial charge in [0.1, 0.15) is 6.54 Å². The molecule has 9 nitrogen and oxygen atoms in total. The molecule has 102 valence electrons. The van der Waals surface area contributed by atoms with E-state index in [0.29, 0.717) is 11.7 Å². The smallest absolute Gasteiger partial charge is 0.390 e. The summed E-state index contributed by atoms with van der Waals surface area (Å²) in [6.07, 6.45) is 3.08. The van der Waals surface area contributed by atoms with Crippen molar-refractivity contribution in [2.75, 3.05) is 6.54 Å². The van der Waals surface area contributed by atoms with Crippen LogP contribution in [-0.4, -0.2) is 42.4 Å². The molecule has 0 N–H and O–H groups in total. The van der Waals surface area contributed by atoms with Gasteiger partial charge in [0.05, 0.1) is 0 Å². The van der Waals surface area contributed by atoms with Gasteiger partial charge in [-0.1, -0.05) is 18.3 Å². The molecule has 0 saturated carbocycles. The van der Waals surface area contributed by atoms with Crippen LogP contribution in [0.4, 0.5) is 5.95 Å². The number of nitro groups is 1. The van der Waals surface area contributed by atoms with Crippen molar-refractivity contribution < 1.29 is 4.92 Å². The molecule has 0 fully saturated rings. The van der Waals surface area contributed by atoms with Crippen LogP contribution in [0.15, 0.2) is 16.6 Å². The zero-order chi connectivity index (χ0) is 13.8. The van der Waals surface area contributed by atoms with Crippen molar-refractivity contribution in [3.8, 4) is 0 Å². The van der Waals surface area contributed by atoms with Crippen molar-refractivity contribution in [1.29, 1.82) is 0 Å². The molecule has 2 rings (SSSR count). The standard InChI is InChI=1S/C9H13N7O2S/c1-2-3-4-15-7(11-12-9(15)19)5-14-6-10-8(13-14)16(17)18/h6-7H,2-5H2,1H3. The molecule has 10 heteroatoms. The van der Waals surface area contributed by atoms with Crippen molar-refractivity contribution in [2.45, 2.75) is 32.5 Å². The molecule has 1 aromatic rings. The van der Waals surface area contributed by atoms with Crippen LogP contribution in [0.3, 0.4) is 0 Å². The van der Waals surface area contributed by atoms with E-state index in [9.17, 15) is 10.1 Å². The molecule has 1 aromatic heterocycles. The van der Waals surface area contributed by atoms with Gasteiger partial charge >= 0.3 is 5.95 Å². The third-order valence-electron chi connectivity index (χ3n) is 2.67. The highest BCUT2D eigenvalue weighted by atomic mass is 32.1. The van der Waals surface area contributed by atoms with Crippen molar-refractivity contribution in [3.05, 3.63) is 16.4 Å². The van der Waals surface area contributed by atoms with E-state index in [2.05, 4.69) is 27.2 Å². The third kappa shape index (κ3) is 3.08. The van der Waals surface area contributed by atoms with Crippen LogP contribution < -0.4 is 0 Å². The van der Waals surface area contributed by atoms with Gasteiger partial charge < -0.3 is 15.0 Å². The SMILES string of the molecule is CCCCN1C(=S)N=NC1Cn1cnc([N+](=O)[O-])n1. The Balaban J connectivity index is 2.02. The lowest BCUT2D eigenvalue weighted by molar-refractivity contribution is -0.394. The van der Waals surface area contributed by atoms with E-state index in [1.807, 2.05) is 4.90 Å². The van der Waals surface area contributed by atoms with Gasteiger partial charge in [0.25, 0.3) is 0 Å². The van der Waals surface area contributed by atoms with Crippen molar-refractivity contribution in [2.24, 2.45) is 10.2 Å². The normalized spacial score (nSPS) is 18.3. The van der Waals surface area contributed by atoms with E-state index in [1.54, 1.807) is 0 Å². The molecule has 0 saturated heterocycles.